The molecular weight excluding hydrogens is 266 g/mol. The minimum absolute atomic E-state index is 0.338. The van der Waals surface area contributed by atoms with Crippen molar-refractivity contribution < 1.29 is 14.3 Å². The second-order valence-electron chi connectivity index (χ2n) is 5.06. The van der Waals surface area contributed by atoms with Gasteiger partial charge in [-0.25, -0.2) is 4.79 Å². The van der Waals surface area contributed by atoms with E-state index in [1.165, 1.54) is 25.7 Å². The van der Waals surface area contributed by atoms with E-state index < -0.39 is 0 Å². The maximum absolute atomic E-state index is 11.9. The molecule has 0 amide bonds. The average molecular weight is 293 g/mol. The maximum Gasteiger partial charge on any atom is 0.341 e. The molecule has 0 spiro atoms. The van der Waals surface area contributed by atoms with Crippen molar-refractivity contribution in [2.24, 2.45) is 0 Å². The Morgan fingerprint density at radius 2 is 1.81 bits per heavy atom. The average Bonchev–Trinajstić information content (AvgIpc) is 2.47. The van der Waals surface area contributed by atoms with Gasteiger partial charge in [-0.1, -0.05) is 45.1 Å². The Balaban J connectivity index is 2.48. The number of ether oxygens (including phenoxy) is 2. The smallest absolute Gasteiger partial charge is 0.341 e. The molecule has 21 heavy (non-hydrogen) atoms. The van der Waals surface area contributed by atoms with Crippen LogP contribution in [-0.4, -0.2) is 19.2 Å². The third kappa shape index (κ3) is 6.06. The molecule has 4 heteroatoms. The number of para-hydroxylation sites is 1. The number of unbranched alkanes of at least 4 members (excludes halogenated alkanes) is 5. The third-order valence-electron chi connectivity index (χ3n) is 3.29. The van der Waals surface area contributed by atoms with Gasteiger partial charge in [0.25, 0.3) is 0 Å². The number of nitrogen functional groups attached to an aromatic ring is 1. The lowest BCUT2D eigenvalue weighted by molar-refractivity contribution is 0.0521. The first kappa shape index (κ1) is 17.3. The number of carbonyl (C=O) groups is 1. The van der Waals surface area contributed by atoms with Crippen molar-refractivity contribution in [3.63, 3.8) is 0 Å². The SMILES string of the molecule is CCCCCCCCOc1c(N)cccc1C(=O)OCC. The van der Waals surface area contributed by atoms with Gasteiger partial charge < -0.3 is 15.2 Å². The van der Waals surface area contributed by atoms with Gasteiger partial charge in [-0.05, 0) is 25.5 Å². The third-order valence-corrected chi connectivity index (χ3v) is 3.29. The van der Waals surface area contributed by atoms with E-state index in [1.54, 1.807) is 25.1 Å². The summed E-state index contributed by atoms with van der Waals surface area (Å²) in [5, 5.41) is 0. The molecule has 1 aromatic carbocycles. The number of rotatable bonds is 10. The summed E-state index contributed by atoms with van der Waals surface area (Å²) in [6.45, 7) is 4.90. The monoisotopic (exact) mass is 293 g/mol. The molecule has 1 rings (SSSR count). The highest BCUT2D eigenvalue weighted by molar-refractivity contribution is 5.94. The fourth-order valence-corrected chi connectivity index (χ4v) is 2.14. The van der Waals surface area contributed by atoms with Crippen molar-refractivity contribution in [1.82, 2.24) is 0 Å². The van der Waals surface area contributed by atoms with Crippen LogP contribution < -0.4 is 10.5 Å². The van der Waals surface area contributed by atoms with Crippen molar-refractivity contribution in [2.45, 2.75) is 52.4 Å². The van der Waals surface area contributed by atoms with E-state index in [4.69, 9.17) is 15.2 Å². The first-order chi connectivity index (χ1) is 10.2. The lowest BCUT2D eigenvalue weighted by Crippen LogP contribution is -2.10. The van der Waals surface area contributed by atoms with Gasteiger partial charge in [0.2, 0.25) is 0 Å². The van der Waals surface area contributed by atoms with Crippen LogP contribution in [0.1, 0.15) is 62.7 Å². The topological polar surface area (TPSA) is 61.5 Å². The molecule has 0 fully saturated rings. The Morgan fingerprint density at radius 3 is 2.52 bits per heavy atom. The lowest BCUT2D eigenvalue weighted by atomic mass is 10.1. The van der Waals surface area contributed by atoms with Crippen LogP contribution in [0.2, 0.25) is 0 Å². The second-order valence-corrected chi connectivity index (χ2v) is 5.06. The van der Waals surface area contributed by atoms with Crippen molar-refractivity contribution in [2.75, 3.05) is 18.9 Å². The zero-order chi connectivity index (χ0) is 15.5. The minimum atomic E-state index is -0.386. The highest BCUT2D eigenvalue weighted by atomic mass is 16.5. The predicted octanol–water partition coefficient (Wildman–Crippen LogP) is 4.18. The van der Waals surface area contributed by atoms with Crippen LogP contribution in [0, 0.1) is 0 Å². The largest absolute Gasteiger partial charge is 0.491 e. The molecule has 0 radical (unpaired) electrons. The number of hydrogen-bond donors (Lipinski definition) is 1. The van der Waals surface area contributed by atoms with E-state index in [2.05, 4.69) is 6.92 Å². The van der Waals surface area contributed by atoms with Gasteiger partial charge in [-0.3, -0.25) is 0 Å². The van der Waals surface area contributed by atoms with E-state index in [0.717, 1.165) is 12.8 Å². The highest BCUT2D eigenvalue weighted by Crippen LogP contribution is 2.27. The number of nitrogens with two attached hydrogens (primary N) is 1. The molecule has 0 unspecified atom stereocenters. The van der Waals surface area contributed by atoms with Gasteiger partial charge in [0.1, 0.15) is 5.56 Å². The van der Waals surface area contributed by atoms with Crippen LogP contribution in [0.5, 0.6) is 5.75 Å². The number of esters is 1. The summed E-state index contributed by atoms with van der Waals surface area (Å²) in [6, 6.07) is 5.16. The first-order valence-electron chi connectivity index (χ1n) is 7.89. The van der Waals surface area contributed by atoms with Crippen molar-refractivity contribution in [1.29, 1.82) is 0 Å². The Bertz CT molecular complexity index is 432. The Hall–Kier alpha value is -1.71. The quantitative estimate of drug-likeness (QED) is 0.399. The van der Waals surface area contributed by atoms with Crippen LogP contribution in [0.4, 0.5) is 5.69 Å². The summed E-state index contributed by atoms with van der Waals surface area (Å²) in [5.41, 5.74) is 6.79. The van der Waals surface area contributed by atoms with Gasteiger partial charge in [-0.15, -0.1) is 0 Å². The molecule has 0 aromatic heterocycles. The Kier molecular flexibility index (Phi) is 8.32. The van der Waals surface area contributed by atoms with E-state index in [1.807, 2.05) is 0 Å². The van der Waals surface area contributed by atoms with Crippen LogP contribution in [0.25, 0.3) is 0 Å². The van der Waals surface area contributed by atoms with E-state index in [-0.39, 0.29) is 5.97 Å². The molecule has 2 N–H and O–H groups in total. The molecule has 0 aliphatic carbocycles. The molecular formula is C17H27NO3. The van der Waals surface area contributed by atoms with E-state index >= 15 is 0 Å². The van der Waals surface area contributed by atoms with Gasteiger partial charge in [0.05, 0.1) is 18.9 Å². The zero-order valence-corrected chi connectivity index (χ0v) is 13.2. The summed E-state index contributed by atoms with van der Waals surface area (Å²) in [7, 11) is 0. The standard InChI is InChI=1S/C17H27NO3/c1-3-5-6-7-8-9-13-21-16-14(17(19)20-4-2)11-10-12-15(16)18/h10-12H,3-9,13,18H2,1-2H3. The molecule has 0 aliphatic rings. The molecule has 0 saturated carbocycles. The molecule has 0 atom stereocenters. The number of hydrogen-bond acceptors (Lipinski definition) is 4. The van der Waals surface area contributed by atoms with Crippen LogP contribution in [0.15, 0.2) is 18.2 Å². The molecule has 4 nitrogen and oxygen atoms in total. The van der Waals surface area contributed by atoms with Crippen molar-refractivity contribution in [3.8, 4) is 5.75 Å². The van der Waals surface area contributed by atoms with Crippen molar-refractivity contribution in [3.05, 3.63) is 23.8 Å². The maximum atomic E-state index is 11.9. The number of carbonyl (C=O) groups excluding carboxylic acids is 1. The fraction of sp³-hybridized carbons (Fsp3) is 0.588. The molecule has 0 heterocycles. The summed E-state index contributed by atoms with van der Waals surface area (Å²) in [5.74, 6) is 0.0623. The van der Waals surface area contributed by atoms with Crippen LogP contribution in [0.3, 0.4) is 0 Å². The van der Waals surface area contributed by atoms with Crippen LogP contribution >= 0.6 is 0 Å². The Labute approximate surface area is 127 Å². The van der Waals surface area contributed by atoms with Crippen LogP contribution in [-0.2, 0) is 4.74 Å². The van der Waals surface area contributed by atoms with Gasteiger partial charge in [0, 0.05) is 0 Å². The molecule has 118 valence electrons. The predicted molar refractivity (Wildman–Crippen MR) is 85.7 cm³/mol. The summed E-state index contributed by atoms with van der Waals surface area (Å²) in [6.07, 6.45) is 7.16. The molecule has 0 aliphatic heterocycles. The molecule has 0 saturated heterocycles. The zero-order valence-electron chi connectivity index (χ0n) is 13.2. The molecule has 0 bridgehead atoms. The highest BCUT2D eigenvalue weighted by Gasteiger charge is 2.15. The fourth-order valence-electron chi connectivity index (χ4n) is 2.14. The second kappa shape index (κ2) is 10.1. The van der Waals surface area contributed by atoms with Crippen molar-refractivity contribution >= 4 is 11.7 Å². The summed E-state index contributed by atoms with van der Waals surface area (Å²) >= 11 is 0. The van der Waals surface area contributed by atoms with Gasteiger partial charge in [0.15, 0.2) is 5.75 Å². The Morgan fingerprint density at radius 1 is 1.10 bits per heavy atom. The van der Waals surface area contributed by atoms with E-state index in [9.17, 15) is 4.79 Å². The number of benzene rings is 1. The molecule has 1 aromatic rings. The normalized spacial score (nSPS) is 10.4. The minimum Gasteiger partial charge on any atom is -0.491 e. The van der Waals surface area contributed by atoms with Gasteiger partial charge in [-0.2, -0.15) is 0 Å². The number of anilines is 1. The lowest BCUT2D eigenvalue weighted by Gasteiger charge is -2.13. The summed E-state index contributed by atoms with van der Waals surface area (Å²) < 4.78 is 10.7. The first-order valence-corrected chi connectivity index (χ1v) is 7.89. The summed E-state index contributed by atoms with van der Waals surface area (Å²) in [4.78, 5) is 11.9. The van der Waals surface area contributed by atoms with E-state index in [0.29, 0.717) is 30.2 Å². The van der Waals surface area contributed by atoms with Gasteiger partial charge >= 0.3 is 5.97 Å².